The Morgan fingerprint density at radius 2 is 1.47 bits per heavy atom. The first-order valence-electron chi connectivity index (χ1n) is 25.0. The van der Waals surface area contributed by atoms with Gasteiger partial charge >= 0.3 is 0 Å². The van der Waals surface area contributed by atoms with E-state index in [0.717, 1.165) is 38.4 Å². The van der Waals surface area contributed by atoms with Gasteiger partial charge in [-0.1, -0.05) is 105 Å². The summed E-state index contributed by atoms with van der Waals surface area (Å²) in [6, 6.07) is 22.4. The number of aromatic nitrogens is 2. The van der Waals surface area contributed by atoms with Crippen LogP contribution in [0.25, 0.3) is 22.6 Å². The van der Waals surface area contributed by atoms with Crippen LogP contribution in [0.3, 0.4) is 0 Å². The van der Waals surface area contributed by atoms with Crippen molar-refractivity contribution < 1.29 is 52.8 Å². The van der Waals surface area contributed by atoms with E-state index >= 15 is 0 Å². The first kappa shape index (κ1) is 58.7. The van der Waals surface area contributed by atoms with E-state index in [-0.39, 0.29) is 75.7 Å². The number of likely N-dealkylation sites (tertiary alicyclic amines) is 1. The molecule has 1 aliphatic rings. The Kier molecular flexibility index (Phi) is 22.9. The van der Waals surface area contributed by atoms with Crippen LogP contribution < -0.4 is 26.0 Å². The van der Waals surface area contributed by atoms with Crippen molar-refractivity contribution in [3.63, 3.8) is 0 Å². The highest BCUT2D eigenvalue weighted by Crippen LogP contribution is 2.29. The van der Waals surface area contributed by atoms with Crippen LogP contribution in [0.1, 0.15) is 71.2 Å². The molecule has 3 aromatic carbocycles. The van der Waals surface area contributed by atoms with Gasteiger partial charge in [0.2, 0.25) is 23.6 Å². The summed E-state index contributed by atoms with van der Waals surface area (Å²) in [5.74, 6) is -1.34. The van der Waals surface area contributed by atoms with E-state index in [2.05, 4.69) is 31.2 Å². The number of hydrogen-bond donors (Lipinski definition) is 5. The molecule has 406 valence electrons. The second-order valence-corrected chi connectivity index (χ2v) is 20.4. The molecule has 1 saturated heterocycles. The predicted molar refractivity (Wildman–Crippen MR) is 290 cm³/mol. The number of aliphatic hydroxyl groups is 1. The van der Waals surface area contributed by atoms with Crippen molar-refractivity contribution in [2.24, 2.45) is 5.41 Å². The Labute approximate surface area is 452 Å². The molecule has 0 bridgehead atoms. The minimum absolute atomic E-state index is 0.0296. The molecule has 3 atom stereocenters. The zero-order valence-electron chi connectivity index (χ0n) is 43.6. The number of thiazole rings is 1. The van der Waals surface area contributed by atoms with E-state index in [1.54, 1.807) is 42.2 Å². The van der Waals surface area contributed by atoms with Gasteiger partial charge in [0.15, 0.2) is 0 Å². The maximum absolute atomic E-state index is 13.9. The van der Waals surface area contributed by atoms with Crippen molar-refractivity contribution in [1.82, 2.24) is 36.1 Å². The van der Waals surface area contributed by atoms with E-state index in [9.17, 15) is 29.1 Å². The number of carbonyl (C=O) groups excluding carboxylic acids is 5. The lowest BCUT2D eigenvalue weighted by Gasteiger charge is -2.35. The number of β-amino-alcohol motifs (C(OH)–C–C–N with tert-alkyl or cyclic N) is 1. The van der Waals surface area contributed by atoms with Gasteiger partial charge in [0.25, 0.3) is 5.91 Å². The van der Waals surface area contributed by atoms with Gasteiger partial charge in [-0.25, -0.2) is 9.97 Å². The Morgan fingerprint density at radius 3 is 2.14 bits per heavy atom. The number of halogens is 1. The molecule has 5 aromatic rings. The second-order valence-electron chi connectivity index (χ2n) is 19.1. The lowest BCUT2D eigenvalue weighted by Crippen LogP contribution is -2.58. The maximum atomic E-state index is 13.9. The van der Waals surface area contributed by atoms with E-state index in [1.165, 1.54) is 11.1 Å². The summed E-state index contributed by atoms with van der Waals surface area (Å²) in [5, 5.41) is 22.6. The third-order valence-electron chi connectivity index (χ3n) is 12.1. The highest BCUT2D eigenvalue weighted by molar-refractivity contribution is 7.13. The van der Waals surface area contributed by atoms with Gasteiger partial charge in [0, 0.05) is 43.2 Å². The lowest BCUT2D eigenvalue weighted by molar-refractivity contribution is -0.144. The standard InChI is InChI=1S/C56H68ClN7O11S/c1-37-51(76-36-62-37)42-14-10-39(11-15-42)31-61-54(69)47-30-45(65)34-64(47)55(70)52(56(2,3)4)63-50(67)35-75-26-25-74-24-23-73-22-21-72-20-19-58-49(66)28-40-7-6-8-41(27-40)32-60-53(68)46-29-43(48(71-5)33-59-46)16-9-38-12-17-44(57)18-13-38/h6-18,27,29,33,36,45,47,52,65H,19-26,28,30-32,34-35H2,1-5H3,(H,58,66)(H,60,68)(H,61,69)(H,63,67). The van der Waals surface area contributed by atoms with Crippen molar-refractivity contribution in [3.05, 3.63) is 135 Å². The summed E-state index contributed by atoms with van der Waals surface area (Å²) in [4.78, 5) is 77.0. The molecule has 5 amide bonds. The molecule has 6 rings (SSSR count). The molecule has 3 unspecified atom stereocenters. The Bertz CT molecular complexity index is 2730. The molecule has 18 nitrogen and oxygen atoms in total. The fourth-order valence-electron chi connectivity index (χ4n) is 8.08. The molecule has 3 heterocycles. The average molecular weight is 1080 g/mol. The fourth-order valence-corrected chi connectivity index (χ4v) is 9.02. The van der Waals surface area contributed by atoms with Crippen LogP contribution in [-0.4, -0.2) is 141 Å². The Hall–Kier alpha value is -6.58. The van der Waals surface area contributed by atoms with Crippen LogP contribution in [0.4, 0.5) is 0 Å². The molecule has 1 fully saturated rings. The summed E-state index contributed by atoms with van der Waals surface area (Å²) in [6.45, 7) is 9.78. The Balaban J connectivity index is 0.785. The molecule has 0 spiro atoms. The van der Waals surface area contributed by atoms with Crippen molar-refractivity contribution in [3.8, 4) is 16.2 Å². The third-order valence-corrected chi connectivity index (χ3v) is 13.3. The number of carbonyl (C=O) groups is 5. The molecule has 76 heavy (non-hydrogen) atoms. The molecular formula is C56H68ClN7O11S. The van der Waals surface area contributed by atoms with Crippen LogP contribution in [0.2, 0.25) is 5.02 Å². The van der Waals surface area contributed by atoms with E-state index in [0.29, 0.717) is 55.9 Å². The topological polar surface area (TPSA) is 229 Å². The summed E-state index contributed by atoms with van der Waals surface area (Å²) in [5.41, 5.74) is 7.46. The van der Waals surface area contributed by atoms with Crippen LogP contribution in [0.5, 0.6) is 5.75 Å². The maximum Gasteiger partial charge on any atom is 0.270 e. The zero-order chi connectivity index (χ0) is 54.5. The lowest BCUT2D eigenvalue weighted by atomic mass is 9.85. The summed E-state index contributed by atoms with van der Waals surface area (Å²) in [7, 11) is 1.54. The summed E-state index contributed by atoms with van der Waals surface area (Å²) >= 11 is 7.56. The van der Waals surface area contributed by atoms with E-state index < -0.39 is 35.4 Å². The number of pyridine rings is 1. The molecule has 20 heteroatoms. The number of rotatable bonds is 28. The van der Waals surface area contributed by atoms with Crippen LogP contribution in [0.15, 0.2) is 90.6 Å². The molecule has 2 aromatic heterocycles. The number of aliphatic hydroxyl groups excluding tert-OH is 1. The van der Waals surface area contributed by atoms with Gasteiger partial charge in [-0.2, -0.15) is 0 Å². The molecule has 0 radical (unpaired) electrons. The largest absolute Gasteiger partial charge is 0.495 e. The average Bonchev–Trinajstić information content (AvgIpc) is 4.03. The number of hydrogen-bond acceptors (Lipinski definition) is 14. The summed E-state index contributed by atoms with van der Waals surface area (Å²) in [6.07, 6.45) is 4.61. The number of ether oxygens (including phenoxy) is 5. The van der Waals surface area contributed by atoms with Crippen molar-refractivity contribution in [2.75, 3.05) is 73.1 Å². The number of aryl methyl sites for hydroxylation is 1. The van der Waals surface area contributed by atoms with Crippen LogP contribution in [0, 0.1) is 12.3 Å². The van der Waals surface area contributed by atoms with Gasteiger partial charge in [-0.15, -0.1) is 11.3 Å². The normalized spacial score (nSPS) is 14.9. The van der Waals surface area contributed by atoms with Gasteiger partial charge < -0.3 is 55.0 Å². The Morgan fingerprint density at radius 1 is 0.803 bits per heavy atom. The van der Waals surface area contributed by atoms with Crippen molar-refractivity contribution in [1.29, 1.82) is 0 Å². The van der Waals surface area contributed by atoms with Crippen LogP contribution in [-0.2, 0) is 57.6 Å². The van der Waals surface area contributed by atoms with Gasteiger partial charge in [0.05, 0.1) is 88.2 Å². The molecule has 5 N–H and O–H groups in total. The number of methoxy groups -OCH3 is 1. The number of nitrogens with zero attached hydrogens (tertiary/aromatic N) is 3. The van der Waals surface area contributed by atoms with E-state index in [4.69, 9.17) is 35.3 Å². The highest BCUT2D eigenvalue weighted by Gasteiger charge is 2.44. The monoisotopic (exact) mass is 1080 g/mol. The number of benzene rings is 3. The van der Waals surface area contributed by atoms with Crippen molar-refractivity contribution >= 4 is 64.6 Å². The highest BCUT2D eigenvalue weighted by atomic mass is 35.5. The first-order valence-corrected chi connectivity index (χ1v) is 26.3. The van der Waals surface area contributed by atoms with Crippen LogP contribution >= 0.6 is 22.9 Å². The fraction of sp³-hybridized carbons (Fsp3) is 0.411. The quantitative estimate of drug-likeness (QED) is 0.0373. The molecule has 0 aliphatic carbocycles. The van der Waals surface area contributed by atoms with Gasteiger partial charge in [-0.3, -0.25) is 24.0 Å². The zero-order valence-corrected chi connectivity index (χ0v) is 45.2. The smallest absolute Gasteiger partial charge is 0.270 e. The first-order chi connectivity index (χ1) is 36.6. The van der Waals surface area contributed by atoms with Gasteiger partial charge in [0.1, 0.15) is 30.1 Å². The third kappa shape index (κ3) is 18.6. The SMILES string of the molecule is COc1cnc(C(=O)NCc2cccc(CC(=O)NCCOCCOCCOCCOCC(=O)NC(C(=O)N3CC(O)CC3C(=O)NCc3ccc(-c4scnc4C)cc3)C(C)(C)C)c2)cc1C=Cc1ccc(Cl)cc1. The van der Waals surface area contributed by atoms with Crippen molar-refractivity contribution in [2.45, 2.75) is 71.8 Å². The minimum atomic E-state index is -0.982. The predicted octanol–water partition coefficient (Wildman–Crippen LogP) is 5.81. The molecule has 0 saturated carbocycles. The minimum Gasteiger partial charge on any atom is -0.495 e. The number of nitrogens with one attached hydrogen (secondary N) is 4. The van der Waals surface area contributed by atoms with Gasteiger partial charge in [-0.05, 0) is 58.4 Å². The second kappa shape index (κ2) is 29.6. The van der Waals surface area contributed by atoms with E-state index in [1.807, 2.05) is 101 Å². The molecular weight excluding hydrogens is 1010 g/mol. The summed E-state index contributed by atoms with van der Waals surface area (Å²) < 4.78 is 27.6. The number of amides is 5. The molecule has 1 aliphatic heterocycles.